The van der Waals surface area contributed by atoms with Crippen molar-refractivity contribution in [3.8, 4) is 11.5 Å². The van der Waals surface area contributed by atoms with Crippen molar-refractivity contribution < 1.29 is 14.3 Å². The van der Waals surface area contributed by atoms with Crippen molar-refractivity contribution in [3.05, 3.63) is 23.3 Å². The average molecular weight is 358 g/mol. The van der Waals surface area contributed by atoms with Gasteiger partial charge in [-0.1, -0.05) is 19.8 Å². The van der Waals surface area contributed by atoms with E-state index in [1.165, 1.54) is 24.0 Å². The quantitative estimate of drug-likeness (QED) is 0.902. The Balaban J connectivity index is 1.76. The van der Waals surface area contributed by atoms with E-state index < -0.39 is 0 Å². The Kier molecular flexibility index (Phi) is 4.59. The topological polar surface area (TPSA) is 50.8 Å². The minimum atomic E-state index is -0.0142. The van der Waals surface area contributed by atoms with E-state index in [-0.39, 0.29) is 23.3 Å². The van der Waals surface area contributed by atoms with Gasteiger partial charge in [-0.25, -0.2) is 0 Å². The fourth-order valence-electron chi connectivity index (χ4n) is 5.05. The molecule has 5 heteroatoms. The third-order valence-corrected chi connectivity index (χ3v) is 6.45. The molecule has 5 nitrogen and oxygen atoms in total. The molecule has 4 rings (SSSR count). The van der Waals surface area contributed by atoms with Gasteiger partial charge in [-0.05, 0) is 50.1 Å². The van der Waals surface area contributed by atoms with Crippen LogP contribution in [-0.4, -0.2) is 44.2 Å². The van der Waals surface area contributed by atoms with Crippen LogP contribution in [0.1, 0.15) is 56.7 Å². The molecule has 1 N–H and O–H groups in total. The highest BCUT2D eigenvalue weighted by molar-refractivity contribution is 5.80. The van der Waals surface area contributed by atoms with Crippen LogP contribution in [0.4, 0.5) is 0 Å². The third kappa shape index (κ3) is 2.77. The highest BCUT2D eigenvalue weighted by Crippen LogP contribution is 2.52. The molecule has 1 spiro atoms. The number of carbonyl (C=O) groups excluding carboxylic acids is 1. The summed E-state index contributed by atoms with van der Waals surface area (Å²) in [5.41, 5.74) is 2.71. The van der Waals surface area contributed by atoms with Gasteiger partial charge in [0.2, 0.25) is 5.91 Å². The van der Waals surface area contributed by atoms with E-state index in [0.717, 1.165) is 30.9 Å². The van der Waals surface area contributed by atoms with E-state index >= 15 is 0 Å². The van der Waals surface area contributed by atoms with Gasteiger partial charge in [-0.3, -0.25) is 4.79 Å². The minimum absolute atomic E-state index is 0.0142. The highest BCUT2D eigenvalue weighted by atomic mass is 16.6. The van der Waals surface area contributed by atoms with Gasteiger partial charge in [0.05, 0.1) is 6.04 Å². The molecule has 142 valence electrons. The van der Waals surface area contributed by atoms with Crippen molar-refractivity contribution in [1.82, 2.24) is 10.2 Å². The lowest BCUT2D eigenvalue weighted by molar-refractivity contribution is -0.139. The summed E-state index contributed by atoms with van der Waals surface area (Å²) in [7, 11) is 1.90. The number of nitrogens with one attached hydrogen (secondary N) is 1. The van der Waals surface area contributed by atoms with E-state index in [1.54, 1.807) is 0 Å². The monoisotopic (exact) mass is 358 g/mol. The first-order valence-electron chi connectivity index (χ1n) is 9.95. The molecule has 1 aromatic carbocycles. The number of fused-ring (bicyclic) bond motifs is 3. The lowest BCUT2D eigenvalue weighted by Gasteiger charge is -2.47. The van der Waals surface area contributed by atoms with Gasteiger partial charge in [-0.15, -0.1) is 0 Å². The van der Waals surface area contributed by atoms with E-state index in [4.69, 9.17) is 9.47 Å². The first kappa shape index (κ1) is 17.7. The van der Waals surface area contributed by atoms with Crippen molar-refractivity contribution in [2.75, 3.05) is 33.4 Å². The Morgan fingerprint density at radius 2 is 1.92 bits per heavy atom. The number of ether oxygens (including phenoxy) is 2. The molecule has 1 fully saturated rings. The molecule has 0 bridgehead atoms. The number of carbonyl (C=O) groups is 1. The van der Waals surface area contributed by atoms with Crippen LogP contribution in [0.25, 0.3) is 0 Å². The molecule has 2 unspecified atom stereocenters. The number of amides is 1. The van der Waals surface area contributed by atoms with Crippen LogP contribution in [0, 0.1) is 5.92 Å². The van der Waals surface area contributed by atoms with Gasteiger partial charge in [0, 0.05) is 24.4 Å². The lowest BCUT2D eigenvalue weighted by atomic mass is 9.71. The Morgan fingerprint density at radius 3 is 2.58 bits per heavy atom. The van der Waals surface area contributed by atoms with E-state index in [2.05, 4.69) is 29.3 Å². The molecule has 0 aromatic heterocycles. The standard InChI is InChI=1S/C21H30N2O3/c1-14(12-22-3)20(24)23-13-21(6-4-5-7-21)17-11-19-18(25-8-9-26-19)10-16(17)15(23)2/h10-11,14-15,22H,4-9,12-13H2,1-3H3. The SMILES string of the molecule is CNCC(C)C(=O)N1CC2(CCCC2)c2cc3c(cc2C1C)OCCO3. The minimum Gasteiger partial charge on any atom is -0.486 e. The van der Waals surface area contributed by atoms with Crippen molar-refractivity contribution in [1.29, 1.82) is 0 Å². The molecule has 1 aromatic rings. The molecule has 0 radical (unpaired) electrons. The van der Waals surface area contributed by atoms with Crippen molar-refractivity contribution in [3.63, 3.8) is 0 Å². The van der Waals surface area contributed by atoms with E-state index in [0.29, 0.717) is 19.8 Å². The molecule has 1 amide bonds. The largest absolute Gasteiger partial charge is 0.486 e. The van der Waals surface area contributed by atoms with Gasteiger partial charge in [0.15, 0.2) is 11.5 Å². The van der Waals surface area contributed by atoms with Crippen LogP contribution in [0.15, 0.2) is 12.1 Å². The molecule has 26 heavy (non-hydrogen) atoms. The zero-order chi connectivity index (χ0) is 18.3. The molecule has 0 saturated heterocycles. The normalized spacial score (nSPS) is 24.4. The summed E-state index contributed by atoms with van der Waals surface area (Å²) >= 11 is 0. The van der Waals surface area contributed by atoms with Gasteiger partial charge in [0.1, 0.15) is 13.2 Å². The first-order chi connectivity index (χ1) is 12.6. The molecule has 1 saturated carbocycles. The fourth-order valence-corrected chi connectivity index (χ4v) is 5.05. The summed E-state index contributed by atoms with van der Waals surface area (Å²) in [6.45, 7) is 6.91. The predicted octanol–water partition coefficient (Wildman–Crippen LogP) is 3.03. The Labute approximate surface area is 156 Å². The number of hydrogen-bond acceptors (Lipinski definition) is 4. The zero-order valence-electron chi connectivity index (χ0n) is 16.1. The van der Waals surface area contributed by atoms with Crippen LogP contribution < -0.4 is 14.8 Å². The molecule has 3 aliphatic rings. The maximum atomic E-state index is 13.2. The van der Waals surface area contributed by atoms with Crippen molar-refractivity contribution in [2.24, 2.45) is 5.92 Å². The lowest BCUT2D eigenvalue weighted by Crippen LogP contribution is -2.51. The Morgan fingerprint density at radius 1 is 1.27 bits per heavy atom. The van der Waals surface area contributed by atoms with Crippen LogP contribution in [0.5, 0.6) is 11.5 Å². The molecule has 1 aliphatic carbocycles. The number of hydrogen-bond donors (Lipinski definition) is 1. The summed E-state index contributed by atoms with van der Waals surface area (Å²) in [6, 6.07) is 4.42. The number of nitrogens with zero attached hydrogens (tertiary/aromatic N) is 1. The average Bonchev–Trinajstić information content (AvgIpc) is 3.12. The van der Waals surface area contributed by atoms with Crippen molar-refractivity contribution >= 4 is 5.91 Å². The maximum Gasteiger partial charge on any atom is 0.227 e. The molecule has 2 atom stereocenters. The first-order valence-corrected chi connectivity index (χ1v) is 9.95. The maximum absolute atomic E-state index is 13.2. The third-order valence-electron chi connectivity index (χ3n) is 6.45. The number of rotatable bonds is 3. The van der Waals surface area contributed by atoms with Gasteiger partial charge >= 0.3 is 0 Å². The molecule has 2 heterocycles. The second kappa shape index (κ2) is 6.76. The van der Waals surface area contributed by atoms with E-state index in [1.807, 2.05) is 14.0 Å². The van der Waals surface area contributed by atoms with Gasteiger partial charge in [-0.2, -0.15) is 0 Å². The van der Waals surface area contributed by atoms with Gasteiger partial charge in [0.25, 0.3) is 0 Å². The summed E-state index contributed by atoms with van der Waals surface area (Å²) in [6.07, 6.45) is 4.76. The summed E-state index contributed by atoms with van der Waals surface area (Å²) < 4.78 is 11.7. The smallest absolute Gasteiger partial charge is 0.227 e. The highest BCUT2D eigenvalue weighted by Gasteiger charge is 2.46. The fraction of sp³-hybridized carbons (Fsp3) is 0.667. The van der Waals surface area contributed by atoms with Gasteiger partial charge < -0.3 is 19.7 Å². The van der Waals surface area contributed by atoms with Crippen molar-refractivity contribution in [2.45, 2.75) is 51.0 Å². The summed E-state index contributed by atoms with van der Waals surface area (Å²) in [4.78, 5) is 15.3. The number of benzene rings is 1. The second-order valence-electron chi connectivity index (χ2n) is 8.17. The van der Waals surface area contributed by atoms with Crippen LogP contribution in [0.3, 0.4) is 0 Å². The molecular formula is C21H30N2O3. The molecule has 2 aliphatic heterocycles. The molecular weight excluding hydrogens is 328 g/mol. The zero-order valence-corrected chi connectivity index (χ0v) is 16.1. The van der Waals surface area contributed by atoms with Crippen LogP contribution in [0.2, 0.25) is 0 Å². The predicted molar refractivity (Wildman–Crippen MR) is 101 cm³/mol. The summed E-state index contributed by atoms with van der Waals surface area (Å²) in [5, 5.41) is 3.14. The Hall–Kier alpha value is -1.75. The van der Waals surface area contributed by atoms with Crippen LogP contribution in [-0.2, 0) is 10.2 Å². The van der Waals surface area contributed by atoms with E-state index in [9.17, 15) is 4.79 Å². The second-order valence-corrected chi connectivity index (χ2v) is 8.17. The van der Waals surface area contributed by atoms with Crippen LogP contribution >= 0.6 is 0 Å². The Bertz CT molecular complexity index is 697. The summed E-state index contributed by atoms with van der Waals surface area (Å²) in [5.74, 6) is 1.93.